The van der Waals surface area contributed by atoms with E-state index in [1.54, 1.807) is 0 Å². The predicted octanol–water partition coefficient (Wildman–Crippen LogP) is 10.4. The van der Waals surface area contributed by atoms with Crippen LogP contribution < -0.4 is 0 Å². The molecule has 33 heavy (non-hydrogen) atoms. The molecule has 0 aliphatic rings. The number of nitrogens with zero attached hydrogens (tertiary/aromatic N) is 1. The Morgan fingerprint density at radius 2 is 0.727 bits per heavy atom. The van der Waals surface area contributed by atoms with Crippen LogP contribution in [0, 0.1) is 0 Å². The van der Waals surface area contributed by atoms with Crippen LogP contribution >= 0.6 is 12.4 Å². The summed E-state index contributed by atoms with van der Waals surface area (Å²) in [6.07, 6.45) is 31.8. The molecular weight excluding hydrogens is 422 g/mol. The van der Waals surface area contributed by atoms with Crippen molar-refractivity contribution in [3.8, 4) is 0 Å². The van der Waals surface area contributed by atoms with Gasteiger partial charge in [0.2, 0.25) is 0 Å². The van der Waals surface area contributed by atoms with Crippen LogP contribution in [0.5, 0.6) is 0 Å². The second kappa shape index (κ2) is 26.1. The van der Waals surface area contributed by atoms with Crippen LogP contribution in [0.4, 0.5) is 0 Å². The first kappa shape index (κ1) is 32.5. The minimum atomic E-state index is 0. The van der Waals surface area contributed by atoms with Crippen molar-refractivity contribution in [1.29, 1.82) is 0 Å². The summed E-state index contributed by atoms with van der Waals surface area (Å²) in [5.74, 6) is 0. The van der Waals surface area contributed by atoms with E-state index in [0.29, 0.717) is 0 Å². The minimum Gasteiger partial charge on any atom is -0.309 e. The van der Waals surface area contributed by atoms with E-state index in [0.717, 1.165) is 0 Å². The molecule has 0 amide bonds. The minimum absolute atomic E-state index is 0. The lowest BCUT2D eigenvalue weighted by atomic mass is 10.0. The summed E-state index contributed by atoms with van der Waals surface area (Å²) >= 11 is 0. The summed E-state index contributed by atoms with van der Waals surface area (Å²) in [6, 6.07) is 11.0. The molecule has 1 rings (SSSR count). The molecule has 1 aromatic carbocycles. The van der Waals surface area contributed by atoms with E-state index in [-0.39, 0.29) is 12.4 Å². The molecule has 194 valence electrons. The average molecular weight is 480 g/mol. The van der Waals surface area contributed by atoms with E-state index < -0.39 is 0 Å². The van der Waals surface area contributed by atoms with E-state index in [4.69, 9.17) is 0 Å². The Balaban J connectivity index is 0.0000102. The molecule has 0 N–H and O–H groups in total. The average Bonchev–Trinajstić information content (AvgIpc) is 2.80. The first-order valence-corrected chi connectivity index (χ1v) is 14.5. The molecular formula is C31H58ClN. The van der Waals surface area contributed by atoms with Crippen molar-refractivity contribution in [3.05, 3.63) is 35.9 Å². The molecule has 0 saturated carbocycles. The number of unbranched alkanes of at least 4 members (excludes halogenated alkanes) is 20. The van der Waals surface area contributed by atoms with Gasteiger partial charge in [0.25, 0.3) is 0 Å². The molecule has 0 aliphatic heterocycles. The van der Waals surface area contributed by atoms with Crippen molar-refractivity contribution in [2.75, 3.05) is 20.6 Å². The topological polar surface area (TPSA) is 3.24 Å². The maximum absolute atomic E-state index is 2.30. The molecule has 0 aromatic heterocycles. The third-order valence-corrected chi connectivity index (χ3v) is 6.91. The zero-order valence-electron chi connectivity index (χ0n) is 22.5. The van der Waals surface area contributed by atoms with Crippen LogP contribution in [0.1, 0.15) is 140 Å². The van der Waals surface area contributed by atoms with Crippen LogP contribution in [0.2, 0.25) is 0 Å². The lowest BCUT2D eigenvalue weighted by molar-refractivity contribution is 0.389. The van der Waals surface area contributed by atoms with Gasteiger partial charge in [0.05, 0.1) is 0 Å². The van der Waals surface area contributed by atoms with E-state index in [2.05, 4.69) is 49.3 Å². The van der Waals surface area contributed by atoms with E-state index in [9.17, 15) is 0 Å². The zero-order valence-corrected chi connectivity index (χ0v) is 23.3. The normalized spacial score (nSPS) is 11.1. The molecule has 0 spiro atoms. The molecule has 0 unspecified atom stereocenters. The van der Waals surface area contributed by atoms with Gasteiger partial charge in [-0.1, -0.05) is 152 Å². The molecule has 0 atom stereocenters. The van der Waals surface area contributed by atoms with Crippen LogP contribution in [0.25, 0.3) is 0 Å². The van der Waals surface area contributed by atoms with Gasteiger partial charge in [-0.3, -0.25) is 0 Å². The lowest BCUT2D eigenvalue weighted by Crippen LogP contribution is -2.12. The molecule has 0 saturated heterocycles. The van der Waals surface area contributed by atoms with Gasteiger partial charge in [-0.15, -0.1) is 12.4 Å². The smallest absolute Gasteiger partial charge is 0.00248 e. The van der Waals surface area contributed by atoms with Gasteiger partial charge < -0.3 is 4.90 Å². The van der Waals surface area contributed by atoms with E-state index in [1.165, 1.54) is 153 Å². The van der Waals surface area contributed by atoms with Gasteiger partial charge >= 0.3 is 0 Å². The highest BCUT2D eigenvalue weighted by atomic mass is 35.5. The number of benzene rings is 1. The van der Waals surface area contributed by atoms with Gasteiger partial charge in [0, 0.05) is 0 Å². The van der Waals surface area contributed by atoms with E-state index >= 15 is 0 Å². The second-order valence-corrected chi connectivity index (χ2v) is 10.5. The summed E-state index contributed by atoms with van der Waals surface area (Å²) in [5, 5.41) is 0. The number of aryl methyl sites for hydroxylation is 1. The summed E-state index contributed by atoms with van der Waals surface area (Å²) in [6.45, 7) is 1.26. The van der Waals surface area contributed by atoms with Crippen LogP contribution in [-0.4, -0.2) is 25.5 Å². The largest absolute Gasteiger partial charge is 0.309 e. The van der Waals surface area contributed by atoms with Gasteiger partial charge in [-0.2, -0.15) is 0 Å². The van der Waals surface area contributed by atoms with Crippen LogP contribution in [0.15, 0.2) is 30.3 Å². The Morgan fingerprint density at radius 1 is 0.424 bits per heavy atom. The number of hydrogen-bond acceptors (Lipinski definition) is 1. The Morgan fingerprint density at radius 3 is 1.06 bits per heavy atom. The molecule has 2 heteroatoms. The Kier molecular flexibility index (Phi) is 25.7. The summed E-state index contributed by atoms with van der Waals surface area (Å²) in [7, 11) is 4.36. The second-order valence-electron chi connectivity index (χ2n) is 10.5. The van der Waals surface area contributed by atoms with Crippen molar-refractivity contribution in [1.82, 2.24) is 4.90 Å². The molecule has 1 aromatic rings. The highest BCUT2D eigenvalue weighted by Gasteiger charge is 1.97. The standard InChI is InChI=1S/C31H57N.ClH/c1-32(2)30-26-21-19-17-15-13-11-9-7-5-3-4-6-8-10-12-14-16-18-20-23-27-31-28-24-22-25-29-31;/h22,24-25,28-29H,3-21,23,26-27,30H2,1-2H3;1H. The number of rotatable bonds is 24. The molecule has 0 fully saturated rings. The maximum atomic E-state index is 2.30. The molecule has 0 radical (unpaired) electrons. The van der Waals surface area contributed by atoms with Crippen molar-refractivity contribution < 1.29 is 0 Å². The third kappa shape index (κ3) is 24.4. The maximum Gasteiger partial charge on any atom is -0.00248 e. The summed E-state index contributed by atoms with van der Waals surface area (Å²) in [5.41, 5.74) is 1.50. The first-order valence-electron chi connectivity index (χ1n) is 14.5. The zero-order chi connectivity index (χ0) is 23.0. The fourth-order valence-corrected chi connectivity index (χ4v) is 4.76. The summed E-state index contributed by atoms with van der Waals surface area (Å²) < 4.78 is 0. The monoisotopic (exact) mass is 479 g/mol. The molecule has 1 nitrogen and oxygen atoms in total. The van der Waals surface area contributed by atoms with Crippen molar-refractivity contribution in [3.63, 3.8) is 0 Å². The van der Waals surface area contributed by atoms with Crippen molar-refractivity contribution in [2.24, 2.45) is 0 Å². The first-order chi connectivity index (χ1) is 15.8. The van der Waals surface area contributed by atoms with Gasteiger partial charge in [-0.05, 0) is 45.5 Å². The van der Waals surface area contributed by atoms with Crippen molar-refractivity contribution in [2.45, 2.75) is 141 Å². The highest BCUT2D eigenvalue weighted by Crippen LogP contribution is 2.15. The lowest BCUT2D eigenvalue weighted by Gasteiger charge is -2.08. The predicted molar refractivity (Wildman–Crippen MR) is 153 cm³/mol. The van der Waals surface area contributed by atoms with Gasteiger partial charge in [0.15, 0.2) is 0 Å². The molecule has 0 bridgehead atoms. The Labute approximate surface area is 214 Å². The molecule has 0 aliphatic carbocycles. The number of halogens is 1. The third-order valence-electron chi connectivity index (χ3n) is 6.91. The van der Waals surface area contributed by atoms with E-state index in [1.807, 2.05) is 0 Å². The summed E-state index contributed by atoms with van der Waals surface area (Å²) in [4.78, 5) is 2.30. The Hall–Kier alpha value is -0.530. The van der Waals surface area contributed by atoms with Gasteiger partial charge in [-0.25, -0.2) is 0 Å². The van der Waals surface area contributed by atoms with Gasteiger partial charge in [0.1, 0.15) is 0 Å². The quantitative estimate of drug-likeness (QED) is 0.133. The fraction of sp³-hybridized carbons (Fsp3) is 0.806. The fourth-order valence-electron chi connectivity index (χ4n) is 4.76. The van der Waals surface area contributed by atoms with Crippen LogP contribution in [0.3, 0.4) is 0 Å². The Bertz CT molecular complexity index is 473. The SMILES string of the molecule is CN(C)CCCCCCCCCCCCCCCCCCCCCCCc1ccccc1.Cl. The van der Waals surface area contributed by atoms with Crippen LogP contribution in [-0.2, 0) is 6.42 Å². The molecule has 0 heterocycles. The van der Waals surface area contributed by atoms with Crippen molar-refractivity contribution >= 4 is 12.4 Å². The number of hydrogen-bond donors (Lipinski definition) is 0. The highest BCUT2D eigenvalue weighted by molar-refractivity contribution is 5.85.